The fraction of sp³-hybridized carbons (Fsp3) is 0.526. The Balaban J connectivity index is 1.68. The first-order chi connectivity index (χ1) is 14.1. The van der Waals surface area contributed by atoms with Gasteiger partial charge >= 0.3 is 0 Å². The number of rotatable bonds is 2. The van der Waals surface area contributed by atoms with E-state index in [1.165, 1.54) is 6.20 Å². The summed E-state index contributed by atoms with van der Waals surface area (Å²) in [6.45, 7) is 3.61. The fourth-order valence-electron chi connectivity index (χ4n) is 4.36. The van der Waals surface area contributed by atoms with E-state index in [0.717, 1.165) is 25.9 Å². The highest BCUT2D eigenvalue weighted by Gasteiger charge is 2.39. The molecule has 2 saturated heterocycles. The minimum atomic E-state index is -3.64. The molecular weight excluding hydrogens is 394 g/mol. The van der Waals surface area contributed by atoms with Gasteiger partial charge in [0.2, 0.25) is 9.84 Å². The molecule has 2 fully saturated rings. The van der Waals surface area contributed by atoms with Crippen molar-refractivity contribution in [3.63, 3.8) is 0 Å². The molecule has 9 nitrogen and oxygen atoms in total. The van der Waals surface area contributed by atoms with Crippen molar-refractivity contribution in [3.8, 4) is 11.3 Å². The number of carbonyl (C=O) groups is 1. The number of aromatic nitrogens is 3. The number of amides is 1. The Morgan fingerprint density at radius 1 is 1.28 bits per heavy atom. The third kappa shape index (κ3) is 3.15. The molecule has 0 aromatic carbocycles. The van der Waals surface area contributed by atoms with E-state index in [1.807, 2.05) is 4.68 Å². The summed E-state index contributed by atoms with van der Waals surface area (Å²) in [4.78, 5) is 19.1. The molecular formula is C19H23N5O4S. The van der Waals surface area contributed by atoms with Crippen molar-refractivity contribution in [1.82, 2.24) is 25.0 Å². The van der Waals surface area contributed by atoms with E-state index in [9.17, 15) is 13.2 Å². The zero-order valence-corrected chi connectivity index (χ0v) is 16.8. The van der Waals surface area contributed by atoms with Gasteiger partial charge in [0, 0.05) is 37.0 Å². The molecule has 3 aliphatic rings. The lowest BCUT2D eigenvalue weighted by atomic mass is 10.0. The molecule has 5 rings (SSSR count). The molecule has 2 aromatic rings. The Labute approximate surface area is 169 Å². The molecule has 10 heteroatoms. The van der Waals surface area contributed by atoms with Crippen molar-refractivity contribution in [2.45, 2.75) is 29.7 Å². The molecule has 1 N–H and O–H groups in total. The summed E-state index contributed by atoms with van der Waals surface area (Å²) in [6.07, 6.45) is 3.42. The average molecular weight is 417 g/mol. The number of nitrogens with one attached hydrogen (secondary N) is 1. The standard InChI is InChI=1S/C19H23N5O4S/c25-19(23-7-9-28-10-8-23)16-15-12-29(26,27)18-14(4-2-6-21-18)17(15)24(22-16)13-3-1-5-20-11-13/h2,4,6,13,20H,1,3,5,7-12H2/t13-/m1/s1. The molecule has 0 unspecified atom stereocenters. The summed E-state index contributed by atoms with van der Waals surface area (Å²) in [5.41, 5.74) is 1.99. The van der Waals surface area contributed by atoms with Crippen LogP contribution in [0.4, 0.5) is 0 Å². The number of fused-ring (bicyclic) bond motifs is 3. The molecule has 5 heterocycles. The second-order valence-electron chi connectivity index (χ2n) is 7.64. The van der Waals surface area contributed by atoms with E-state index in [0.29, 0.717) is 43.1 Å². The number of carbonyl (C=O) groups excluding carboxylic acids is 1. The van der Waals surface area contributed by atoms with Gasteiger partial charge in [-0.15, -0.1) is 0 Å². The molecule has 0 saturated carbocycles. The number of morpholine rings is 1. The van der Waals surface area contributed by atoms with Gasteiger partial charge in [-0.25, -0.2) is 13.4 Å². The highest BCUT2D eigenvalue weighted by atomic mass is 32.2. The Kier molecular flexibility index (Phi) is 4.64. The summed E-state index contributed by atoms with van der Waals surface area (Å²) in [7, 11) is -3.64. The summed E-state index contributed by atoms with van der Waals surface area (Å²) in [5.74, 6) is -0.479. The molecule has 2 aromatic heterocycles. The smallest absolute Gasteiger partial charge is 0.274 e. The first kappa shape index (κ1) is 18.7. The Morgan fingerprint density at radius 2 is 2.10 bits per heavy atom. The molecule has 0 bridgehead atoms. The number of hydrogen-bond donors (Lipinski definition) is 1. The van der Waals surface area contributed by atoms with Gasteiger partial charge in [-0.1, -0.05) is 0 Å². The van der Waals surface area contributed by atoms with E-state index in [-0.39, 0.29) is 28.4 Å². The minimum Gasteiger partial charge on any atom is -0.378 e. The molecule has 154 valence electrons. The average Bonchev–Trinajstić information content (AvgIpc) is 3.13. The van der Waals surface area contributed by atoms with Crippen LogP contribution in [0.5, 0.6) is 0 Å². The van der Waals surface area contributed by atoms with Gasteiger partial charge in [0.15, 0.2) is 10.7 Å². The van der Waals surface area contributed by atoms with Gasteiger partial charge in [0.05, 0.1) is 30.7 Å². The largest absolute Gasteiger partial charge is 0.378 e. The number of pyridine rings is 1. The van der Waals surface area contributed by atoms with Crippen LogP contribution in [0.25, 0.3) is 11.3 Å². The lowest BCUT2D eigenvalue weighted by Gasteiger charge is -2.26. The van der Waals surface area contributed by atoms with Crippen LogP contribution < -0.4 is 5.32 Å². The van der Waals surface area contributed by atoms with Crippen LogP contribution in [0.2, 0.25) is 0 Å². The first-order valence-electron chi connectivity index (χ1n) is 9.93. The van der Waals surface area contributed by atoms with E-state index >= 15 is 0 Å². The van der Waals surface area contributed by atoms with Crippen LogP contribution in [-0.2, 0) is 20.3 Å². The van der Waals surface area contributed by atoms with Gasteiger partial charge < -0.3 is 15.0 Å². The van der Waals surface area contributed by atoms with Crippen molar-refractivity contribution in [2.75, 3.05) is 39.4 Å². The van der Waals surface area contributed by atoms with E-state index < -0.39 is 9.84 Å². The van der Waals surface area contributed by atoms with Gasteiger partial charge in [-0.3, -0.25) is 9.48 Å². The summed E-state index contributed by atoms with van der Waals surface area (Å²) in [6, 6.07) is 3.55. The lowest BCUT2D eigenvalue weighted by molar-refractivity contribution is 0.0297. The maximum absolute atomic E-state index is 13.3. The molecule has 0 spiro atoms. The second kappa shape index (κ2) is 7.19. The van der Waals surface area contributed by atoms with Crippen molar-refractivity contribution >= 4 is 15.7 Å². The molecule has 0 aliphatic carbocycles. The second-order valence-corrected chi connectivity index (χ2v) is 9.55. The molecule has 3 aliphatic heterocycles. The first-order valence-corrected chi connectivity index (χ1v) is 11.6. The number of nitrogens with zero attached hydrogens (tertiary/aromatic N) is 4. The van der Waals surface area contributed by atoms with E-state index in [2.05, 4.69) is 10.3 Å². The van der Waals surface area contributed by atoms with Gasteiger partial charge in [0.25, 0.3) is 5.91 Å². The third-order valence-corrected chi connectivity index (χ3v) is 7.36. The SMILES string of the molecule is O=C(c1nn([C@@H]2CCCNC2)c2c1CS(=O)(=O)c1ncccc1-2)N1CCOCC1. The van der Waals surface area contributed by atoms with Crippen LogP contribution in [-0.4, -0.2) is 73.4 Å². The zero-order valence-electron chi connectivity index (χ0n) is 16.0. The number of sulfone groups is 1. The van der Waals surface area contributed by atoms with Gasteiger partial charge in [-0.05, 0) is 31.5 Å². The molecule has 0 radical (unpaired) electrons. The lowest BCUT2D eigenvalue weighted by Crippen LogP contribution is -2.41. The van der Waals surface area contributed by atoms with Crippen LogP contribution >= 0.6 is 0 Å². The molecule has 1 amide bonds. The Bertz CT molecular complexity index is 1050. The maximum Gasteiger partial charge on any atom is 0.274 e. The van der Waals surface area contributed by atoms with Crippen LogP contribution in [0, 0.1) is 0 Å². The summed E-state index contributed by atoms with van der Waals surface area (Å²) >= 11 is 0. The van der Waals surface area contributed by atoms with Gasteiger partial charge in [-0.2, -0.15) is 5.10 Å². The number of ether oxygens (including phenoxy) is 1. The quantitative estimate of drug-likeness (QED) is 0.764. The van der Waals surface area contributed by atoms with E-state index in [4.69, 9.17) is 9.84 Å². The fourth-order valence-corrected chi connectivity index (χ4v) is 5.87. The third-order valence-electron chi connectivity index (χ3n) is 5.78. The van der Waals surface area contributed by atoms with Crippen molar-refractivity contribution in [1.29, 1.82) is 0 Å². The zero-order chi connectivity index (χ0) is 20.0. The van der Waals surface area contributed by atoms with Crippen LogP contribution in [0.1, 0.15) is 34.9 Å². The maximum atomic E-state index is 13.3. The Hall–Kier alpha value is -2.30. The van der Waals surface area contributed by atoms with E-state index in [1.54, 1.807) is 17.0 Å². The number of hydrogen-bond acceptors (Lipinski definition) is 7. The highest BCUT2D eigenvalue weighted by molar-refractivity contribution is 7.90. The minimum absolute atomic E-state index is 0.0672. The molecule has 1 atom stereocenters. The van der Waals surface area contributed by atoms with Crippen molar-refractivity contribution in [3.05, 3.63) is 29.6 Å². The normalized spacial score (nSPS) is 23.3. The van der Waals surface area contributed by atoms with Gasteiger partial charge in [0.1, 0.15) is 0 Å². The predicted molar refractivity (Wildman–Crippen MR) is 104 cm³/mol. The van der Waals surface area contributed by atoms with Crippen LogP contribution in [0.3, 0.4) is 0 Å². The highest BCUT2D eigenvalue weighted by Crippen LogP contribution is 2.40. The Morgan fingerprint density at radius 3 is 2.86 bits per heavy atom. The molecule has 29 heavy (non-hydrogen) atoms. The topological polar surface area (TPSA) is 106 Å². The predicted octanol–water partition coefficient (Wildman–Crippen LogP) is 0.629. The summed E-state index contributed by atoms with van der Waals surface area (Å²) < 4.78 is 33.0. The number of piperidine rings is 1. The monoisotopic (exact) mass is 417 g/mol. The summed E-state index contributed by atoms with van der Waals surface area (Å²) in [5, 5.41) is 8.16. The van der Waals surface area contributed by atoms with Crippen molar-refractivity contribution in [2.24, 2.45) is 0 Å². The van der Waals surface area contributed by atoms with Crippen molar-refractivity contribution < 1.29 is 17.9 Å². The van der Waals surface area contributed by atoms with Crippen LogP contribution in [0.15, 0.2) is 23.4 Å².